The Hall–Kier alpha value is -4.23. The van der Waals surface area contributed by atoms with Gasteiger partial charge in [-0.25, -0.2) is 9.97 Å². The van der Waals surface area contributed by atoms with E-state index >= 15 is 0 Å². The second-order valence-corrected chi connectivity index (χ2v) is 15.1. The van der Waals surface area contributed by atoms with Crippen molar-refractivity contribution in [2.24, 2.45) is 0 Å². The molecule has 0 saturated heterocycles. The second-order valence-electron chi connectivity index (χ2n) is 14.1. The molecule has 2 heterocycles. The van der Waals surface area contributed by atoms with Crippen LogP contribution in [0.3, 0.4) is 0 Å². The number of nitrogens with one attached hydrogen (secondary N) is 1. The SMILES string of the molecule is O=c1[nH]c(CSc2nc3c(c(=O)n2-c2ccccc2)C2(CCCCC2)Cc2ccccc2-3)nc2c1C1(CCCC1)Cc1ccccc1-2. The Balaban J connectivity index is 1.18. The summed E-state index contributed by atoms with van der Waals surface area (Å²) in [6, 6.07) is 26.8. The number of H-pyrrole nitrogens is 1. The van der Waals surface area contributed by atoms with Gasteiger partial charge in [0.1, 0.15) is 5.82 Å². The number of rotatable bonds is 4. The van der Waals surface area contributed by atoms with Crippen molar-refractivity contribution in [1.29, 1.82) is 0 Å². The highest BCUT2D eigenvalue weighted by atomic mass is 32.2. The fraction of sp³-hybridized carbons (Fsp3) is 0.350. The van der Waals surface area contributed by atoms with Crippen molar-refractivity contribution in [3.8, 4) is 28.2 Å². The van der Waals surface area contributed by atoms with E-state index in [1.165, 1.54) is 29.3 Å². The lowest BCUT2D eigenvalue weighted by Crippen LogP contribution is -2.42. The molecule has 236 valence electrons. The predicted molar refractivity (Wildman–Crippen MR) is 187 cm³/mol. The van der Waals surface area contributed by atoms with Crippen molar-refractivity contribution in [3.63, 3.8) is 0 Å². The lowest BCUT2D eigenvalue weighted by atomic mass is 9.62. The van der Waals surface area contributed by atoms with Crippen molar-refractivity contribution in [3.05, 3.63) is 128 Å². The molecule has 2 spiro atoms. The summed E-state index contributed by atoms with van der Waals surface area (Å²) >= 11 is 1.48. The Morgan fingerprint density at radius 3 is 1.87 bits per heavy atom. The molecule has 0 atom stereocenters. The highest BCUT2D eigenvalue weighted by molar-refractivity contribution is 7.98. The topological polar surface area (TPSA) is 80.6 Å². The van der Waals surface area contributed by atoms with Gasteiger partial charge in [0.2, 0.25) is 0 Å². The Bertz CT molecular complexity index is 2140. The van der Waals surface area contributed by atoms with Crippen LogP contribution < -0.4 is 11.1 Å². The van der Waals surface area contributed by atoms with Gasteiger partial charge in [-0.1, -0.05) is 111 Å². The van der Waals surface area contributed by atoms with Crippen LogP contribution in [0.5, 0.6) is 0 Å². The maximum absolute atomic E-state index is 14.9. The molecule has 47 heavy (non-hydrogen) atoms. The number of fused-ring (bicyclic) bond motifs is 8. The molecule has 9 rings (SSSR count). The van der Waals surface area contributed by atoms with Crippen LogP contribution in [0, 0.1) is 0 Å². The quantitative estimate of drug-likeness (QED) is 0.159. The molecule has 5 aromatic rings. The van der Waals surface area contributed by atoms with Crippen LogP contribution in [0.1, 0.15) is 85.9 Å². The van der Waals surface area contributed by atoms with E-state index in [1.807, 2.05) is 41.0 Å². The van der Waals surface area contributed by atoms with E-state index < -0.39 is 0 Å². The number of nitrogens with zero attached hydrogens (tertiary/aromatic N) is 3. The predicted octanol–water partition coefficient (Wildman–Crippen LogP) is 8.07. The molecule has 0 aliphatic heterocycles. The van der Waals surface area contributed by atoms with Gasteiger partial charge in [0, 0.05) is 22.0 Å². The molecule has 2 saturated carbocycles. The molecule has 0 radical (unpaired) electrons. The lowest BCUT2D eigenvalue weighted by molar-refractivity contribution is 0.283. The van der Waals surface area contributed by atoms with Gasteiger partial charge in [-0.15, -0.1) is 0 Å². The van der Waals surface area contributed by atoms with Crippen LogP contribution in [-0.4, -0.2) is 19.5 Å². The van der Waals surface area contributed by atoms with Crippen LogP contribution in [0.15, 0.2) is 93.6 Å². The molecule has 4 aliphatic rings. The van der Waals surface area contributed by atoms with Gasteiger partial charge in [0.15, 0.2) is 5.16 Å². The van der Waals surface area contributed by atoms with Crippen molar-refractivity contribution in [2.75, 3.05) is 0 Å². The zero-order chi connectivity index (χ0) is 31.6. The number of aromatic amines is 1. The number of para-hydroxylation sites is 1. The number of hydrogen-bond acceptors (Lipinski definition) is 5. The van der Waals surface area contributed by atoms with Gasteiger partial charge in [0.05, 0.1) is 34.0 Å². The molecule has 3 aromatic carbocycles. The fourth-order valence-corrected chi connectivity index (χ4v) is 10.2. The first-order valence-electron chi connectivity index (χ1n) is 17.2. The smallest absolute Gasteiger partial charge is 0.263 e. The van der Waals surface area contributed by atoms with Gasteiger partial charge in [-0.05, 0) is 61.8 Å². The molecular formula is C40H38N4O2S. The van der Waals surface area contributed by atoms with E-state index in [0.29, 0.717) is 16.7 Å². The third-order valence-corrected chi connectivity index (χ3v) is 12.4. The van der Waals surface area contributed by atoms with Gasteiger partial charge in [0.25, 0.3) is 11.1 Å². The standard InChI is InChI=1S/C40H38N4O2S/c45-36-32-34(29-17-7-5-13-26(29)23-39(32)21-11-12-22-39)41-31(42-36)25-47-38-43-35-30-18-8-6-14-27(30)24-40(19-9-2-10-20-40)33(35)37(46)44(38)28-15-3-1-4-16-28/h1,3-8,13-18H,2,9-12,19-25H2,(H,41,42,45). The van der Waals surface area contributed by atoms with E-state index in [2.05, 4.69) is 47.4 Å². The minimum Gasteiger partial charge on any atom is -0.310 e. The largest absolute Gasteiger partial charge is 0.310 e. The molecule has 7 heteroatoms. The molecule has 0 bridgehead atoms. The van der Waals surface area contributed by atoms with Gasteiger partial charge >= 0.3 is 0 Å². The van der Waals surface area contributed by atoms with Gasteiger partial charge in [-0.3, -0.25) is 14.2 Å². The fourth-order valence-electron chi connectivity index (χ4n) is 9.33. The monoisotopic (exact) mass is 638 g/mol. The highest BCUT2D eigenvalue weighted by Crippen LogP contribution is 2.51. The zero-order valence-corrected chi connectivity index (χ0v) is 27.4. The third-order valence-electron chi connectivity index (χ3n) is 11.4. The Morgan fingerprint density at radius 2 is 1.21 bits per heavy atom. The number of thioether (sulfide) groups is 1. The zero-order valence-electron chi connectivity index (χ0n) is 26.6. The summed E-state index contributed by atoms with van der Waals surface area (Å²) in [5.74, 6) is 1.00. The molecule has 1 N–H and O–H groups in total. The summed E-state index contributed by atoms with van der Waals surface area (Å²) in [7, 11) is 0. The summed E-state index contributed by atoms with van der Waals surface area (Å²) in [6.45, 7) is 0. The first kappa shape index (κ1) is 29.0. The van der Waals surface area contributed by atoms with Crippen LogP contribution in [0.4, 0.5) is 0 Å². The van der Waals surface area contributed by atoms with Crippen LogP contribution in [-0.2, 0) is 29.4 Å². The average molecular weight is 639 g/mol. The summed E-state index contributed by atoms with van der Waals surface area (Å²) in [5, 5.41) is 0.621. The van der Waals surface area contributed by atoms with Crippen LogP contribution >= 0.6 is 11.8 Å². The molecule has 0 amide bonds. The lowest BCUT2D eigenvalue weighted by Gasteiger charge is -2.42. The minimum atomic E-state index is -0.194. The van der Waals surface area contributed by atoms with Crippen LogP contribution in [0.2, 0.25) is 0 Å². The summed E-state index contributed by atoms with van der Waals surface area (Å²) < 4.78 is 1.81. The highest BCUT2D eigenvalue weighted by Gasteiger charge is 2.45. The van der Waals surface area contributed by atoms with E-state index in [4.69, 9.17) is 9.97 Å². The van der Waals surface area contributed by atoms with E-state index in [-0.39, 0.29) is 21.9 Å². The molecule has 0 unspecified atom stereocenters. The van der Waals surface area contributed by atoms with E-state index in [1.54, 1.807) is 0 Å². The van der Waals surface area contributed by atoms with E-state index in [0.717, 1.165) is 104 Å². The Labute approximate surface area is 278 Å². The van der Waals surface area contributed by atoms with Crippen molar-refractivity contribution < 1.29 is 0 Å². The van der Waals surface area contributed by atoms with Gasteiger partial charge in [-0.2, -0.15) is 0 Å². The Kier molecular flexibility index (Phi) is 6.89. The second kappa shape index (κ2) is 11.2. The number of aromatic nitrogens is 4. The molecule has 2 aromatic heterocycles. The normalized spacial score (nSPS) is 18.4. The van der Waals surface area contributed by atoms with Crippen molar-refractivity contribution in [2.45, 2.75) is 92.4 Å². The molecular weight excluding hydrogens is 601 g/mol. The molecule has 4 aliphatic carbocycles. The van der Waals surface area contributed by atoms with Crippen LogP contribution in [0.25, 0.3) is 28.2 Å². The maximum Gasteiger partial charge on any atom is 0.263 e. The molecule has 2 fully saturated rings. The molecule has 6 nitrogen and oxygen atoms in total. The first-order chi connectivity index (χ1) is 23.1. The van der Waals surface area contributed by atoms with Crippen molar-refractivity contribution >= 4 is 11.8 Å². The number of benzene rings is 3. The third kappa shape index (κ3) is 4.61. The minimum absolute atomic E-state index is 0.0194. The summed E-state index contributed by atoms with van der Waals surface area (Å²) in [6.07, 6.45) is 11.6. The van der Waals surface area contributed by atoms with E-state index in [9.17, 15) is 9.59 Å². The first-order valence-corrected chi connectivity index (χ1v) is 18.2. The average Bonchev–Trinajstić information content (AvgIpc) is 3.56. The van der Waals surface area contributed by atoms with Gasteiger partial charge < -0.3 is 4.98 Å². The summed E-state index contributed by atoms with van der Waals surface area (Å²) in [4.78, 5) is 42.6. The number of hydrogen-bond donors (Lipinski definition) is 1. The summed E-state index contributed by atoms with van der Waals surface area (Å²) in [5.41, 5.74) is 8.60. The Morgan fingerprint density at radius 1 is 0.660 bits per heavy atom. The maximum atomic E-state index is 14.9. The van der Waals surface area contributed by atoms with Crippen molar-refractivity contribution in [1.82, 2.24) is 19.5 Å².